The first-order chi connectivity index (χ1) is 6.32. The van der Waals surface area contributed by atoms with Gasteiger partial charge in [0.2, 0.25) is 0 Å². The molecule has 0 heterocycles. The van der Waals surface area contributed by atoms with E-state index in [1.54, 1.807) is 18.2 Å². The van der Waals surface area contributed by atoms with Crippen LogP contribution in [0.15, 0.2) is 18.2 Å². The molecule has 0 aliphatic heterocycles. The molecular weight excluding hydrogens is 178 g/mol. The van der Waals surface area contributed by atoms with Crippen molar-refractivity contribution in [2.45, 2.75) is 26.2 Å². The van der Waals surface area contributed by atoms with Crippen LogP contribution in [-0.2, 0) is 5.41 Å². The summed E-state index contributed by atoms with van der Waals surface area (Å²) in [5.74, 6) is -0.659. The van der Waals surface area contributed by atoms with E-state index in [0.29, 0.717) is 0 Å². The quantitative estimate of drug-likeness (QED) is 0.714. The predicted octanol–water partition coefficient (Wildman–Crippen LogP) is 1.79. The minimum Gasteiger partial charge on any atom is -0.507 e. The molecule has 0 fully saturated rings. The highest BCUT2D eigenvalue weighted by Gasteiger charge is 2.16. The summed E-state index contributed by atoms with van der Waals surface area (Å²) in [6.45, 7) is 6.10. The number of phenols is 1. The van der Waals surface area contributed by atoms with Crippen LogP contribution >= 0.6 is 0 Å². The molecular formula is C11H15NO2. The largest absolute Gasteiger partial charge is 0.507 e. The summed E-state index contributed by atoms with van der Waals surface area (Å²) in [7, 11) is 0. The maximum absolute atomic E-state index is 10.8. The number of nitrogens with two attached hydrogens (primary N) is 1. The molecule has 3 N–H and O–H groups in total. The first-order valence-electron chi connectivity index (χ1n) is 4.45. The average molecular weight is 193 g/mol. The van der Waals surface area contributed by atoms with E-state index in [1.165, 1.54) is 0 Å². The molecule has 0 bridgehead atoms. The van der Waals surface area contributed by atoms with E-state index < -0.39 is 5.91 Å². The fourth-order valence-corrected chi connectivity index (χ4v) is 1.21. The summed E-state index contributed by atoms with van der Waals surface area (Å²) in [6.07, 6.45) is 0. The molecule has 1 rings (SSSR count). The van der Waals surface area contributed by atoms with Gasteiger partial charge in [0.15, 0.2) is 0 Å². The Morgan fingerprint density at radius 3 is 2.29 bits per heavy atom. The van der Waals surface area contributed by atoms with Crippen molar-refractivity contribution in [2.75, 3.05) is 0 Å². The van der Waals surface area contributed by atoms with Gasteiger partial charge < -0.3 is 10.8 Å². The average Bonchev–Trinajstić information content (AvgIpc) is 2.01. The Balaban J connectivity index is 3.20. The number of amides is 1. The van der Waals surface area contributed by atoms with Crippen LogP contribution in [0, 0.1) is 0 Å². The molecule has 0 aliphatic carbocycles. The Bertz CT molecular complexity index is 364. The van der Waals surface area contributed by atoms with E-state index in [1.807, 2.05) is 20.8 Å². The van der Waals surface area contributed by atoms with Crippen molar-refractivity contribution in [1.29, 1.82) is 0 Å². The number of hydrogen-bond acceptors (Lipinski definition) is 2. The number of benzene rings is 1. The number of hydrogen-bond donors (Lipinski definition) is 2. The van der Waals surface area contributed by atoms with E-state index in [9.17, 15) is 9.90 Å². The van der Waals surface area contributed by atoms with Gasteiger partial charge in [0.25, 0.3) is 5.91 Å². The number of aromatic hydroxyl groups is 1. The predicted molar refractivity (Wildman–Crippen MR) is 55.3 cm³/mol. The zero-order valence-corrected chi connectivity index (χ0v) is 8.66. The Hall–Kier alpha value is -1.51. The van der Waals surface area contributed by atoms with E-state index in [0.717, 1.165) is 5.56 Å². The second-order valence-corrected chi connectivity index (χ2v) is 4.35. The number of primary amides is 1. The highest BCUT2D eigenvalue weighted by Crippen LogP contribution is 2.27. The van der Waals surface area contributed by atoms with Gasteiger partial charge in [0.1, 0.15) is 5.75 Å². The summed E-state index contributed by atoms with van der Waals surface area (Å²) < 4.78 is 0. The SMILES string of the molecule is CC(C)(C)c1ccc(C(N)=O)c(O)c1. The van der Waals surface area contributed by atoms with E-state index in [4.69, 9.17) is 5.73 Å². The minimum atomic E-state index is -0.608. The van der Waals surface area contributed by atoms with Crippen molar-refractivity contribution >= 4 is 5.91 Å². The molecule has 1 aromatic rings. The third-order valence-corrected chi connectivity index (χ3v) is 2.13. The third kappa shape index (κ3) is 2.05. The Morgan fingerprint density at radius 2 is 1.93 bits per heavy atom. The van der Waals surface area contributed by atoms with Crippen molar-refractivity contribution in [3.8, 4) is 5.75 Å². The van der Waals surface area contributed by atoms with Gasteiger partial charge in [0, 0.05) is 0 Å². The normalized spacial score (nSPS) is 11.4. The molecule has 0 aliphatic rings. The van der Waals surface area contributed by atoms with E-state index in [-0.39, 0.29) is 16.7 Å². The number of carbonyl (C=O) groups is 1. The minimum absolute atomic E-state index is 0.0480. The highest BCUT2D eigenvalue weighted by atomic mass is 16.3. The molecule has 0 spiro atoms. The van der Waals surface area contributed by atoms with Crippen LogP contribution in [0.5, 0.6) is 5.75 Å². The maximum Gasteiger partial charge on any atom is 0.252 e. The van der Waals surface area contributed by atoms with Gasteiger partial charge in [-0.1, -0.05) is 26.8 Å². The molecule has 3 nitrogen and oxygen atoms in total. The molecule has 0 aromatic heterocycles. The molecule has 3 heteroatoms. The first kappa shape index (κ1) is 10.6. The molecule has 0 atom stereocenters. The monoisotopic (exact) mass is 193 g/mol. The molecule has 1 amide bonds. The standard InChI is InChI=1S/C11H15NO2/c1-11(2,3)7-4-5-8(10(12)14)9(13)6-7/h4-6,13H,1-3H3,(H2,12,14). The molecule has 0 unspecified atom stereocenters. The highest BCUT2D eigenvalue weighted by molar-refractivity contribution is 5.95. The van der Waals surface area contributed by atoms with Crippen LogP contribution < -0.4 is 5.73 Å². The number of carbonyl (C=O) groups excluding carboxylic acids is 1. The van der Waals surface area contributed by atoms with Gasteiger partial charge in [-0.3, -0.25) is 4.79 Å². The molecule has 0 radical (unpaired) electrons. The van der Waals surface area contributed by atoms with Crippen molar-refractivity contribution in [3.05, 3.63) is 29.3 Å². The molecule has 0 saturated heterocycles. The zero-order chi connectivity index (χ0) is 10.9. The summed E-state index contributed by atoms with van der Waals surface area (Å²) >= 11 is 0. The fraction of sp³-hybridized carbons (Fsp3) is 0.364. The van der Waals surface area contributed by atoms with Crippen LogP contribution in [0.3, 0.4) is 0 Å². The fourth-order valence-electron chi connectivity index (χ4n) is 1.21. The lowest BCUT2D eigenvalue weighted by Crippen LogP contribution is -2.14. The van der Waals surface area contributed by atoms with Crippen LogP contribution in [0.25, 0.3) is 0 Å². The summed E-state index contributed by atoms with van der Waals surface area (Å²) in [4.78, 5) is 10.8. The zero-order valence-electron chi connectivity index (χ0n) is 8.66. The summed E-state index contributed by atoms with van der Waals surface area (Å²) in [5, 5.41) is 9.52. The van der Waals surface area contributed by atoms with Gasteiger partial charge in [0.05, 0.1) is 5.56 Å². The van der Waals surface area contributed by atoms with Crippen LogP contribution in [0.2, 0.25) is 0 Å². The summed E-state index contributed by atoms with van der Waals surface area (Å²) in [5.41, 5.74) is 6.16. The molecule has 76 valence electrons. The van der Waals surface area contributed by atoms with Crippen molar-refractivity contribution < 1.29 is 9.90 Å². The van der Waals surface area contributed by atoms with Gasteiger partial charge in [-0.25, -0.2) is 0 Å². The Labute approximate surface area is 83.6 Å². The molecule has 14 heavy (non-hydrogen) atoms. The van der Waals surface area contributed by atoms with Crippen LogP contribution in [0.4, 0.5) is 0 Å². The van der Waals surface area contributed by atoms with Crippen LogP contribution in [0.1, 0.15) is 36.7 Å². The second kappa shape index (κ2) is 3.33. The third-order valence-electron chi connectivity index (χ3n) is 2.13. The molecule has 0 saturated carbocycles. The smallest absolute Gasteiger partial charge is 0.252 e. The lowest BCUT2D eigenvalue weighted by Gasteiger charge is -2.19. The lowest BCUT2D eigenvalue weighted by molar-refractivity contribution is 0.0997. The Morgan fingerprint density at radius 1 is 1.36 bits per heavy atom. The van der Waals surface area contributed by atoms with Crippen molar-refractivity contribution in [1.82, 2.24) is 0 Å². The van der Waals surface area contributed by atoms with Gasteiger partial charge in [-0.05, 0) is 23.1 Å². The van der Waals surface area contributed by atoms with E-state index >= 15 is 0 Å². The van der Waals surface area contributed by atoms with Gasteiger partial charge in [-0.15, -0.1) is 0 Å². The van der Waals surface area contributed by atoms with Crippen LogP contribution in [-0.4, -0.2) is 11.0 Å². The van der Waals surface area contributed by atoms with Gasteiger partial charge >= 0.3 is 0 Å². The maximum atomic E-state index is 10.8. The van der Waals surface area contributed by atoms with Crippen molar-refractivity contribution in [3.63, 3.8) is 0 Å². The lowest BCUT2D eigenvalue weighted by atomic mass is 9.86. The topological polar surface area (TPSA) is 63.3 Å². The van der Waals surface area contributed by atoms with E-state index in [2.05, 4.69) is 0 Å². The number of rotatable bonds is 1. The Kier molecular flexibility index (Phi) is 2.51. The first-order valence-corrected chi connectivity index (χ1v) is 4.45. The molecule has 1 aromatic carbocycles. The van der Waals surface area contributed by atoms with Crippen molar-refractivity contribution in [2.24, 2.45) is 5.73 Å². The summed E-state index contributed by atoms with van der Waals surface area (Å²) in [6, 6.07) is 4.94. The second-order valence-electron chi connectivity index (χ2n) is 4.35. The van der Waals surface area contributed by atoms with Gasteiger partial charge in [-0.2, -0.15) is 0 Å².